The van der Waals surface area contributed by atoms with Gasteiger partial charge >= 0.3 is 0 Å². The Hall–Kier alpha value is -2.79. The third-order valence-electron chi connectivity index (χ3n) is 4.16. The van der Waals surface area contributed by atoms with E-state index in [2.05, 4.69) is 10.3 Å². The number of nitrogens with zero attached hydrogens (tertiary/aromatic N) is 2. The zero-order valence-corrected chi connectivity index (χ0v) is 13.4. The highest BCUT2D eigenvalue weighted by molar-refractivity contribution is 6.32. The van der Waals surface area contributed by atoms with Crippen molar-refractivity contribution in [1.29, 1.82) is 0 Å². The lowest BCUT2D eigenvalue weighted by atomic mass is 9.90. The summed E-state index contributed by atoms with van der Waals surface area (Å²) >= 11 is 6.27. The Labute approximate surface area is 143 Å². The molecule has 6 heteroatoms. The molecule has 0 fully saturated rings. The number of aromatic nitrogens is 2. The van der Waals surface area contributed by atoms with E-state index in [0.29, 0.717) is 10.8 Å². The summed E-state index contributed by atoms with van der Waals surface area (Å²) in [5.74, 6) is 0.493. The molecule has 2 heterocycles. The number of hydrogen-bond acceptors (Lipinski definition) is 3. The van der Waals surface area contributed by atoms with Crippen LogP contribution in [0.1, 0.15) is 23.6 Å². The van der Waals surface area contributed by atoms with Crippen molar-refractivity contribution in [2.24, 2.45) is 0 Å². The number of phenols is 1. The second kappa shape index (κ2) is 5.69. The van der Waals surface area contributed by atoms with Crippen LogP contribution in [0.15, 0.2) is 54.9 Å². The molecular formula is C18H14ClN3O2. The van der Waals surface area contributed by atoms with Crippen molar-refractivity contribution in [3.05, 3.63) is 71.1 Å². The van der Waals surface area contributed by atoms with Gasteiger partial charge in [-0.1, -0.05) is 35.9 Å². The fourth-order valence-corrected chi connectivity index (χ4v) is 3.28. The second-order valence-corrected chi connectivity index (χ2v) is 6.11. The fraction of sp³-hybridized carbons (Fsp3) is 0.111. The third kappa shape index (κ3) is 2.43. The molecule has 4 rings (SSSR count). The van der Waals surface area contributed by atoms with Crippen LogP contribution in [0.3, 0.4) is 0 Å². The number of hydrogen-bond donors (Lipinski definition) is 2. The standard InChI is InChI=1S/C18H14ClN3O2/c19-14-6-1-2-7-15(14)22-10-20-17-13(9-16(24)21-18(17)22)11-4-3-5-12(23)8-11/h1-8,10,13,23H,9H2,(H,21,24). The number of fused-ring (bicyclic) bond motifs is 1. The Balaban J connectivity index is 1.85. The van der Waals surface area contributed by atoms with Crippen molar-refractivity contribution in [2.75, 3.05) is 5.32 Å². The first-order valence-corrected chi connectivity index (χ1v) is 7.92. The Kier molecular flexibility index (Phi) is 3.50. The summed E-state index contributed by atoms with van der Waals surface area (Å²) in [6.45, 7) is 0. The molecule has 1 aromatic heterocycles. The predicted octanol–water partition coefficient (Wildman–Crippen LogP) is 3.71. The van der Waals surface area contributed by atoms with Crippen molar-refractivity contribution < 1.29 is 9.90 Å². The van der Waals surface area contributed by atoms with E-state index in [1.165, 1.54) is 0 Å². The maximum Gasteiger partial charge on any atom is 0.226 e. The first kappa shape index (κ1) is 14.8. The number of benzene rings is 2. The maximum atomic E-state index is 12.2. The van der Waals surface area contributed by atoms with Crippen LogP contribution in [0.4, 0.5) is 5.82 Å². The Morgan fingerprint density at radius 2 is 2.04 bits per heavy atom. The average Bonchev–Trinajstić information content (AvgIpc) is 2.98. The molecule has 1 amide bonds. The quantitative estimate of drug-likeness (QED) is 0.748. The van der Waals surface area contributed by atoms with Gasteiger partial charge in [-0.2, -0.15) is 0 Å². The molecule has 0 radical (unpaired) electrons. The average molecular weight is 340 g/mol. The van der Waals surface area contributed by atoms with Crippen LogP contribution in [-0.2, 0) is 4.79 Å². The number of carbonyl (C=O) groups excluding carboxylic acids is 1. The van der Waals surface area contributed by atoms with Crippen LogP contribution in [0.2, 0.25) is 5.02 Å². The topological polar surface area (TPSA) is 67.1 Å². The number of aromatic hydroxyl groups is 1. The smallest absolute Gasteiger partial charge is 0.226 e. The molecule has 0 saturated carbocycles. The van der Waals surface area contributed by atoms with Crippen LogP contribution >= 0.6 is 11.6 Å². The van der Waals surface area contributed by atoms with Gasteiger partial charge in [0.2, 0.25) is 5.91 Å². The van der Waals surface area contributed by atoms with E-state index in [1.54, 1.807) is 35.2 Å². The summed E-state index contributed by atoms with van der Waals surface area (Å²) in [6.07, 6.45) is 1.95. The highest BCUT2D eigenvalue weighted by Gasteiger charge is 2.31. The highest BCUT2D eigenvalue weighted by atomic mass is 35.5. The zero-order chi connectivity index (χ0) is 16.7. The summed E-state index contributed by atoms with van der Waals surface area (Å²) in [5.41, 5.74) is 2.38. The van der Waals surface area contributed by atoms with Gasteiger partial charge in [0, 0.05) is 12.3 Å². The number of amides is 1. The molecule has 0 saturated heterocycles. The number of imidazole rings is 1. The Bertz CT molecular complexity index is 936. The molecule has 5 nitrogen and oxygen atoms in total. The minimum absolute atomic E-state index is 0.0929. The molecule has 2 N–H and O–H groups in total. The summed E-state index contributed by atoms with van der Waals surface area (Å²) in [7, 11) is 0. The van der Waals surface area contributed by atoms with Crippen molar-refractivity contribution in [3.63, 3.8) is 0 Å². The van der Waals surface area contributed by atoms with Gasteiger partial charge in [-0.15, -0.1) is 0 Å². The van der Waals surface area contributed by atoms with Gasteiger partial charge < -0.3 is 10.4 Å². The van der Waals surface area contributed by atoms with Gasteiger partial charge in [-0.25, -0.2) is 4.98 Å². The maximum absolute atomic E-state index is 12.2. The number of nitrogens with one attached hydrogen (secondary N) is 1. The number of para-hydroxylation sites is 1. The molecular weight excluding hydrogens is 326 g/mol. The molecule has 0 bridgehead atoms. The van der Waals surface area contributed by atoms with E-state index in [9.17, 15) is 9.90 Å². The van der Waals surface area contributed by atoms with Crippen molar-refractivity contribution in [1.82, 2.24) is 9.55 Å². The molecule has 1 unspecified atom stereocenters. The molecule has 0 aliphatic carbocycles. The highest BCUT2D eigenvalue weighted by Crippen LogP contribution is 2.38. The van der Waals surface area contributed by atoms with Gasteiger partial charge in [0.15, 0.2) is 0 Å². The van der Waals surface area contributed by atoms with Crippen LogP contribution < -0.4 is 5.32 Å². The lowest BCUT2D eigenvalue weighted by Crippen LogP contribution is -2.24. The van der Waals surface area contributed by atoms with E-state index in [1.807, 2.05) is 24.3 Å². The summed E-state index contributed by atoms with van der Waals surface area (Å²) in [5, 5.41) is 13.2. The first-order chi connectivity index (χ1) is 11.6. The molecule has 0 spiro atoms. The number of rotatable bonds is 2. The monoisotopic (exact) mass is 339 g/mol. The van der Waals surface area contributed by atoms with Gasteiger partial charge in [-0.05, 0) is 29.8 Å². The number of anilines is 1. The van der Waals surface area contributed by atoms with Crippen LogP contribution in [0.25, 0.3) is 5.69 Å². The van der Waals surface area contributed by atoms with E-state index in [0.717, 1.165) is 16.9 Å². The van der Waals surface area contributed by atoms with Crippen LogP contribution in [0.5, 0.6) is 5.75 Å². The number of phenolic OH excluding ortho intramolecular Hbond substituents is 1. The zero-order valence-electron chi connectivity index (χ0n) is 12.6. The molecule has 24 heavy (non-hydrogen) atoms. The van der Waals surface area contributed by atoms with Gasteiger partial charge in [0.1, 0.15) is 17.9 Å². The van der Waals surface area contributed by atoms with E-state index < -0.39 is 0 Å². The normalized spacial score (nSPS) is 16.5. The molecule has 1 aliphatic heterocycles. The fourth-order valence-electron chi connectivity index (χ4n) is 3.05. The van der Waals surface area contributed by atoms with Gasteiger partial charge in [0.25, 0.3) is 0 Å². The lowest BCUT2D eigenvalue weighted by molar-refractivity contribution is -0.116. The SMILES string of the molecule is O=C1CC(c2cccc(O)c2)c2ncn(-c3ccccc3Cl)c2N1. The van der Waals surface area contributed by atoms with Crippen LogP contribution in [-0.4, -0.2) is 20.6 Å². The summed E-state index contributed by atoms with van der Waals surface area (Å²) in [4.78, 5) is 16.7. The summed E-state index contributed by atoms with van der Waals surface area (Å²) in [6, 6.07) is 14.3. The predicted molar refractivity (Wildman–Crippen MR) is 91.8 cm³/mol. The molecule has 1 atom stereocenters. The molecule has 1 aliphatic rings. The minimum atomic E-state index is -0.204. The van der Waals surface area contributed by atoms with E-state index in [4.69, 9.17) is 11.6 Å². The largest absolute Gasteiger partial charge is 0.508 e. The lowest BCUT2D eigenvalue weighted by Gasteiger charge is -2.23. The van der Waals surface area contributed by atoms with Crippen molar-refractivity contribution >= 4 is 23.3 Å². The second-order valence-electron chi connectivity index (χ2n) is 5.70. The van der Waals surface area contributed by atoms with E-state index in [-0.39, 0.29) is 24.0 Å². The number of halogens is 1. The van der Waals surface area contributed by atoms with Gasteiger partial charge in [0.05, 0.1) is 16.4 Å². The molecule has 3 aromatic rings. The third-order valence-corrected chi connectivity index (χ3v) is 4.48. The molecule has 2 aromatic carbocycles. The van der Waals surface area contributed by atoms with E-state index >= 15 is 0 Å². The number of carbonyl (C=O) groups is 1. The Morgan fingerprint density at radius 1 is 1.21 bits per heavy atom. The Morgan fingerprint density at radius 3 is 2.83 bits per heavy atom. The first-order valence-electron chi connectivity index (χ1n) is 7.54. The minimum Gasteiger partial charge on any atom is -0.508 e. The van der Waals surface area contributed by atoms with Gasteiger partial charge in [-0.3, -0.25) is 9.36 Å². The van der Waals surface area contributed by atoms with Crippen molar-refractivity contribution in [3.8, 4) is 11.4 Å². The molecule has 120 valence electrons. The van der Waals surface area contributed by atoms with Crippen molar-refractivity contribution in [2.45, 2.75) is 12.3 Å². The summed E-state index contributed by atoms with van der Waals surface area (Å²) < 4.78 is 1.78. The van der Waals surface area contributed by atoms with Crippen LogP contribution in [0, 0.1) is 0 Å².